The zero-order valence-corrected chi connectivity index (χ0v) is 30.5. The Bertz CT molecular complexity index is 1760. The van der Waals surface area contributed by atoms with Crippen LogP contribution in [0.4, 0.5) is 11.4 Å². The molecule has 0 aromatic heterocycles. The summed E-state index contributed by atoms with van der Waals surface area (Å²) in [7, 11) is -0.446. The Labute approximate surface area is 307 Å². The van der Waals surface area contributed by atoms with E-state index >= 15 is 0 Å². The minimum atomic E-state index is -0.488. The Morgan fingerprint density at radius 3 is 1.46 bits per heavy atom. The van der Waals surface area contributed by atoms with Crippen molar-refractivity contribution in [3.63, 3.8) is 0 Å². The standard InChI is InChI=1S/C19H22N2O3.C18H15P.C6H5.Ni/c1-12(2)16-6-5-7-17(13(3)4)19(16)20-11-14-10-15(21(23)24)8-9-18(14)22;1-4-10-16(11-5-1)19(17-12-6-2-7-13-17)18-14-8-3-9-15-18;1-2-4-6-5-3-1;/h5-13,22H,1-4H3;1-15H;1-5H;/q;;-1;. The number of non-ortho nitro benzene ring substituents is 1. The van der Waals surface area contributed by atoms with Crippen molar-refractivity contribution in [2.45, 2.75) is 39.5 Å². The smallest absolute Gasteiger partial charge is 0.270 e. The van der Waals surface area contributed by atoms with Gasteiger partial charge in [0, 0.05) is 40.4 Å². The Kier molecular flexibility index (Phi) is 16.3. The summed E-state index contributed by atoms with van der Waals surface area (Å²) in [6.45, 7) is 8.40. The average molecular weight is 724 g/mol. The Hall–Kier alpha value is -4.89. The van der Waals surface area contributed by atoms with Gasteiger partial charge in [0.25, 0.3) is 5.69 Å². The van der Waals surface area contributed by atoms with Gasteiger partial charge in [-0.15, -0.1) is 0 Å². The van der Waals surface area contributed by atoms with Crippen LogP contribution in [-0.4, -0.2) is 16.2 Å². The van der Waals surface area contributed by atoms with E-state index in [9.17, 15) is 15.2 Å². The molecule has 0 aliphatic rings. The summed E-state index contributed by atoms with van der Waals surface area (Å²) in [4.78, 5) is 15.0. The molecule has 0 spiro atoms. The molecule has 0 bridgehead atoms. The fraction of sp³-hybridized carbons (Fsp3) is 0.140. The summed E-state index contributed by atoms with van der Waals surface area (Å²) < 4.78 is 0. The number of aliphatic imine (C=N–C) groups is 1. The molecule has 0 atom stereocenters. The number of para-hydroxylation sites is 1. The number of nitrogens with zero attached hydrogens (tertiary/aromatic N) is 2. The number of aromatic hydroxyl groups is 1. The second-order valence-electron chi connectivity index (χ2n) is 11.8. The first-order chi connectivity index (χ1) is 23.8. The third-order valence-corrected chi connectivity index (χ3v) is 9.99. The normalized spacial score (nSPS) is 10.5. The number of hydrogen-bond acceptors (Lipinski definition) is 4. The minimum Gasteiger partial charge on any atom is -0.507 e. The Balaban J connectivity index is 0.000000231. The largest absolute Gasteiger partial charge is 0.507 e. The topological polar surface area (TPSA) is 75.7 Å². The minimum absolute atomic E-state index is 0. The van der Waals surface area contributed by atoms with Gasteiger partial charge in [0.15, 0.2) is 0 Å². The van der Waals surface area contributed by atoms with Crippen LogP contribution in [0.3, 0.4) is 0 Å². The molecule has 0 aliphatic heterocycles. The number of phenols is 1. The number of hydrogen-bond donors (Lipinski definition) is 1. The molecule has 0 fully saturated rings. The maximum atomic E-state index is 10.9. The number of benzene rings is 6. The van der Waals surface area contributed by atoms with Gasteiger partial charge in [-0.2, -0.15) is 36.4 Å². The van der Waals surface area contributed by atoms with Crippen LogP contribution < -0.4 is 15.9 Å². The first kappa shape index (κ1) is 39.6. The molecule has 0 saturated heterocycles. The zero-order chi connectivity index (χ0) is 35.0. The van der Waals surface area contributed by atoms with E-state index in [-0.39, 0.29) is 27.9 Å². The van der Waals surface area contributed by atoms with Crippen LogP contribution in [0.15, 0.2) is 163 Å². The van der Waals surface area contributed by atoms with Gasteiger partial charge in [-0.1, -0.05) is 137 Å². The van der Waals surface area contributed by atoms with Crippen molar-refractivity contribution in [1.29, 1.82) is 0 Å². The fourth-order valence-corrected chi connectivity index (χ4v) is 7.38. The van der Waals surface area contributed by atoms with Gasteiger partial charge in [-0.05, 0) is 52.9 Å². The van der Waals surface area contributed by atoms with Gasteiger partial charge in [0.05, 0.1) is 10.6 Å². The monoisotopic (exact) mass is 723 g/mol. The molecule has 1 N–H and O–H groups in total. The van der Waals surface area contributed by atoms with E-state index in [0.717, 1.165) is 16.8 Å². The van der Waals surface area contributed by atoms with E-state index in [2.05, 4.69) is 130 Å². The summed E-state index contributed by atoms with van der Waals surface area (Å²) >= 11 is 0. The summed E-state index contributed by atoms with van der Waals surface area (Å²) in [5.74, 6) is 0.571. The molecule has 0 radical (unpaired) electrons. The zero-order valence-electron chi connectivity index (χ0n) is 28.7. The average Bonchev–Trinajstić information content (AvgIpc) is 3.13. The summed E-state index contributed by atoms with van der Waals surface area (Å²) in [5, 5.41) is 25.0. The number of nitro benzene ring substituents is 1. The molecule has 0 aliphatic carbocycles. The van der Waals surface area contributed by atoms with E-state index in [1.54, 1.807) is 0 Å². The predicted octanol–water partition coefficient (Wildman–Crippen LogP) is 10.2. The molecule has 258 valence electrons. The fourth-order valence-electron chi connectivity index (χ4n) is 5.07. The maximum Gasteiger partial charge on any atom is 0.270 e. The predicted molar refractivity (Wildman–Crippen MR) is 207 cm³/mol. The van der Waals surface area contributed by atoms with Crippen LogP contribution >= 0.6 is 7.92 Å². The van der Waals surface area contributed by atoms with E-state index in [1.165, 1.54) is 40.3 Å². The molecule has 6 aromatic carbocycles. The molecule has 0 heterocycles. The van der Waals surface area contributed by atoms with Crippen molar-refractivity contribution in [2.75, 3.05) is 0 Å². The summed E-state index contributed by atoms with van der Waals surface area (Å²) in [6, 6.07) is 54.8. The quantitative estimate of drug-likeness (QED) is 0.0424. The molecule has 0 unspecified atom stereocenters. The van der Waals surface area contributed by atoms with Gasteiger partial charge >= 0.3 is 0 Å². The Morgan fingerprint density at radius 1 is 0.660 bits per heavy atom. The van der Waals surface area contributed by atoms with Crippen LogP contribution in [0.5, 0.6) is 5.75 Å². The van der Waals surface area contributed by atoms with Crippen molar-refractivity contribution < 1.29 is 26.5 Å². The van der Waals surface area contributed by atoms with Crippen LogP contribution in [0.25, 0.3) is 0 Å². The molecular formula is C43H42N2NiO3P-. The molecule has 50 heavy (non-hydrogen) atoms. The van der Waals surface area contributed by atoms with Crippen molar-refractivity contribution in [1.82, 2.24) is 0 Å². The second kappa shape index (κ2) is 20.6. The van der Waals surface area contributed by atoms with E-state index < -0.39 is 12.8 Å². The van der Waals surface area contributed by atoms with Crippen LogP contribution in [0, 0.1) is 16.2 Å². The van der Waals surface area contributed by atoms with E-state index in [0.29, 0.717) is 17.4 Å². The third-order valence-electron chi connectivity index (χ3n) is 7.55. The molecule has 7 heteroatoms. The van der Waals surface area contributed by atoms with Crippen LogP contribution in [0.1, 0.15) is 56.2 Å². The summed E-state index contributed by atoms with van der Waals surface area (Å²) in [6.07, 6.45) is 1.50. The molecular weight excluding hydrogens is 682 g/mol. The van der Waals surface area contributed by atoms with Gasteiger partial charge in [0.1, 0.15) is 5.75 Å². The third kappa shape index (κ3) is 11.6. The summed E-state index contributed by atoms with van der Waals surface area (Å²) in [5.41, 5.74) is 3.35. The maximum absolute atomic E-state index is 10.9. The molecule has 6 aromatic rings. The first-order valence-electron chi connectivity index (χ1n) is 16.3. The molecule has 0 amide bonds. The van der Waals surface area contributed by atoms with Crippen molar-refractivity contribution in [2.24, 2.45) is 4.99 Å². The van der Waals surface area contributed by atoms with Gasteiger partial charge in [0.2, 0.25) is 0 Å². The van der Waals surface area contributed by atoms with Gasteiger partial charge in [-0.25, -0.2) is 0 Å². The van der Waals surface area contributed by atoms with Crippen molar-refractivity contribution in [3.05, 3.63) is 191 Å². The molecule has 0 saturated carbocycles. The molecule has 6 rings (SSSR count). The van der Waals surface area contributed by atoms with Gasteiger partial charge < -0.3 is 5.11 Å². The van der Waals surface area contributed by atoms with Crippen LogP contribution in [-0.2, 0) is 16.5 Å². The number of rotatable bonds is 8. The van der Waals surface area contributed by atoms with E-state index in [1.807, 2.05) is 48.5 Å². The van der Waals surface area contributed by atoms with E-state index in [4.69, 9.17) is 0 Å². The first-order valence-corrected chi connectivity index (χ1v) is 17.6. The van der Waals surface area contributed by atoms with Crippen molar-refractivity contribution >= 4 is 41.4 Å². The van der Waals surface area contributed by atoms with Crippen LogP contribution in [0.2, 0.25) is 0 Å². The number of phenolic OH excluding ortho intramolecular Hbond substituents is 1. The van der Waals surface area contributed by atoms with Gasteiger partial charge in [-0.3, -0.25) is 15.1 Å². The number of nitro groups is 1. The molecule has 5 nitrogen and oxygen atoms in total. The second-order valence-corrected chi connectivity index (χ2v) is 14.0. The Morgan fingerprint density at radius 2 is 1.10 bits per heavy atom. The van der Waals surface area contributed by atoms with Crippen molar-refractivity contribution in [3.8, 4) is 5.75 Å². The SMILES string of the molecule is CC(C)c1cccc(C(C)C)c1N=Cc1cc([N+](=O)[O-])ccc1O.[Ni].[c-]1ccccc1.c1ccc(P(c2ccccc2)c2ccccc2)cc1.